The Morgan fingerprint density at radius 1 is 1.29 bits per heavy atom. The second-order valence-corrected chi connectivity index (χ2v) is 5.15. The van der Waals surface area contributed by atoms with Crippen molar-refractivity contribution in [3.63, 3.8) is 0 Å². The molecule has 2 N–H and O–H groups in total. The van der Waals surface area contributed by atoms with Crippen molar-refractivity contribution >= 4 is 17.3 Å². The normalized spacial score (nSPS) is 12.0. The minimum atomic E-state index is -0.687. The van der Waals surface area contributed by atoms with Crippen molar-refractivity contribution in [3.8, 4) is 5.75 Å². The van der Waals surface area contributed by atoms with Crippen LogP contribution >= 0.6 is 11.6 Å². The molecule has 0 radical (unpaired) electrons. The molecule has 3 nitrogen and oxygen atoms in total. The zero-order valence-electron chi connectivity index (χ0n) is 11.6. The predicted molar refractivity (Wildman–Crippen MR) is 82.6 cm³/mol. The van der Waals surface area contributed by atoms with E-state index in [1.165, 1.54) is 12.1 Å². The van der Waals surface area contributed by atoms with Gasteiger partial charge in [0.15, 0.2) is 0 Å². The van der Waals surface area contributed by atoms with E-state index in [4.69, 9.17) is 16.3 Å². The van der Waals surface area contributed by atoms with Gasteiger partial charge in [-0.1, -0.05) is 29.8 Å². The Balaban J connectivity index is 1.81. The second kappa shape index (κ2) is 7.29. The average Bonchev–Trinajstić information content (AvgIpc) is 2.47. The molecule has 0 aromatic heterocycles. The minimum Gasteiger partial charge on any atom is -0.491 e. The lowest BCUT2D eigenvalue weighted by molar-refractivity contribution is 0.117. The van der Waals surface area contributed by atoms with Crippen LogP contribution in [-0.2, 0) is 0 Å². The summed E-state index contributed by atoms with van der Waals surface area (Å²) in [6, 6.07) is 11.9. The predicted octanol–water partition coefficient (Wildman–Crippen LogP) is 3.64. The number of rotatable bonds is 6. The summed E-state index contributed by atoms with van der Waals surface area (Å²) in [7, 11) is 0. The molecule has 21 heavy (non-hydrogen) atoms. The van der Waals surface area contributed by atoms with Gasteiger partial charge in [-0.2, -0.15) is 0 Å². The van der Waals surface area contributed by atoms with Gasteiger partial charge in [0.25, 0.3) is 0 Å². The van der Waals surface area contributed by atoms with Crippen molar-refractivity contribution in [2.45, 2.75) is 13.0 Å². The zero-order chi connectivity index (χ0) is 15.2. The maximum atomic E-state index is 13.0. The third-order valence-corrected chi connectivity index (χ3v) is 3.28. The minimum absolute atomic E-state index is 0.0469. The van der Waals surface area contributed by atoms with E-state index in [0.29, 0.717) is 5.69 Å². The Bertz CT molecular complexity index is 607. The Morgan fingerprint density at radius 2 is 2.05 bits per heavy atom. The van der Waals surface area contributed by atoms with E-state index >= 15 is 0 Å². The van der Waals surface area contributed by atoms with Crippen LogP contribution in [0.1, 0.15) is 5.56 Å². The van der Waals surface area contributed by atoms with E-state index in [1.807, 2.05) is 31.2 Å². The zero-order valence-corrected chi connectivity index (χ0v) is 12.4. The van der Waals surface area contributed by atoms with Crippen molar-refractivity contribution in [2.75, 3.05) is 18.5 Å². The van der Waals surface area contributed by atoms with Gasteiger partial charge in [-0.25, -0.2) is 4.39 Å². The standard InChI is InChI=1S/C16H17ClFNO2/c1-11-4-2-3-5-16(11)21-10-13(20)9-19-12-6-7-15(18)14(17)8-12/h2-8,13,19-20H,9-10H2,1H3. The first kappa shape index (κ1) is 15.6. The number of ether oxygens (including phenoxy) is 1. The fourth-order valence-electron chi connectivity index (χ4n) is 1.81. The highest BCUT2D eigenvalue weighted by Gasteiger charge is 2.07. The number of halogens is 2. The van der Waals surface area contributed by atoms with E-state index < -0.39 is 11.9 Å². The van der Waals surface area contributed by atoms with Crippen molar-refractivity contribution in [1.82, 2.24) is 0 Å². The summed E-state index contributed by atoms with van der Waals surface area (Å²) in [6.07, 6.45) is -0.687. The Hall–Kier alpha value is -1.78. The Labute approximate surface area is 128 Å². The first-order valence-corrected chi connectivity index (χ1v) is 6.99. The second-order valence-electron chi connectivity index (χ2n) is 4.74. The summed E-state index contributed by atoms with van der Waals surface area (Å²) in [6.45, 7) is 2.40. The highest BCUT2D eigenvalue weighted by molar-refractivity contribution is 6.31. The number of benzene rings is 2. The number of nitrogens with one attached hydrogen (secondary N) is 1. The lowest BCUT2D eigenvalue weighted by Gasteiger charge is -2.15. The van der Waals surface area contributed by atoms with Crippen LogP contribution in [0.3, 0.4) is 0 Å². The fourth-order valence-corrected chi connectivity index (χ4v) is 1.99. The highest BCUT2D eigenvalue weighted by Crippen LogP contribution is 2.19. The van der Waals surface area contributed by atoms with Crippen LogP contribution in [0, 0.1) is 12.7 Å². The molecular weight excluding hydrogens is 293 g/mol. The van der Waals surface area contributed by atoms with Gasteiger partial charge in [0.1, 0.15) is 24.3 Å². The van der Waals surface area contributed by atoms with Crippen LogP contribution < -0.4 is 10.1 Å². The van der Waals surface area contributed by atoms with Gasteiger partial charge in [-0.05, 0) is 36.8 Å². The molecule has 0 aliphatic carbocycles. The molecule has 0 amide bonds. The fraction of sp³-hybridized carbons (Fsp3) is 0.250. The van der Waals surface area contributed by atoms with E-state index in [-0.39, 0.29) is 18.2 Å². The molecule has 0 spiro atoms. The first-order valence-electron chi connectivity index (χ1n) is 6.61. The largest absolute Gasteiger partial charge is 0.491 e. The molecule has 0 saturated heterocycles. The molecule has 112 valence electrons. The van der Waals surface area contributed by atoms with Crippen LogP contribution in [-0.4, -0.2) is 24.4 Å². The summed E-state index contributed by atoms with van der Waals surface area (Å²) in [4.78, 5) is 0. The Kier molecular flexibility index (Phi) is 5.42. The van der Waals surface area contributed by atoms with Gasteiger partial charge in [-0.15, -0.1) is 0 Å². The molecular formula is C16H17ClFNO2. The number of hydrogen-bond donors (Lipinski definition) is 2. The van der Waals surface area contributed by atoms with Gasteiger partial charge in [0, 0.05) is 12.2 Å². The molecule has 1 atom stereocenters. The van der Waals surface area contributed by atoms with Gasteiger partial charge in [-0.3, -0.25) is 0 Å². The smallest absolute Gasteiger partial charge is 0.141 e. The molecule has 2 rings (SSSR count). The third kappa shape index (κ3) is 4.62. The van der Waals surface area contributed by atoms with Crippen molar-refractivity contribution in [1.29, 1.82) is 0 Å². The number of anilines is 1. The van der Waals surface area contributed by atoms with Gasteiger partial charge in [0.05, 0.1) is 5.02 Å². The van der Waals surface area contributed by atoms with Crippen molar-refractivity contribution < 1.29 is 14.2 Å². The summed E-state index contributed by atoms with van der Waals surface area (Å²) in [5, 5.41) is 12.9. The van der Waals surface area contributed by atoms with Gasteiger partial charge >= 0.3 is 0 Å². The molecule has 0 bridgehead atoms. The number of aliphatic hydroxyl groups is 1. The van der Waals surface area contributed by atoms with Crippen LogP contribution in [0.2, 0.25) is 5.02 Å². The monoisotopic (exact) mass is 309 g/mol. The summed E-state index contributed by atoms with van der Waals surface area (Å²) in [5.41, 5.74) is 1.67. The van der Waals surface area contributed by atoms with Crippen LogP contribution in [0.25, 0.3) is 0 Å². The third-order valence-electron chi connectivity index (χ3n) is 2.99. The molecule has 0 fully saturated rings. The molecule has 0 aliphatic heterocycles. The van der Waals surface area contributed by atoms with Crippen molar-refractivity contribution in [2.24, 2.45) is 0 Å². The van der Waals surface area contributed by atoms with Crippen LogP contribution in [0.5, 0.6) is 5.75 Å². The van der Waals surface area contributed by atoms with Crippen molar-refractivity contribution in [3.05, 3.63) is 58.9 Å². The number of hydrogen-bond acceptors (Lipinski definition) is 3. The van der Waals surface area contributed by atoms with E-state index in [2.05, 4.69) is 5.32 Å². The SMILES string of the molecule is Cc1ccccc1OCC(O)CNc1ccc(F)c(Cl)c1. The number of aryl methyl sites for hydroxylation is 1. The molecule has 1 unspecified atom stereocenters. The molecule has 5 heteroatoms. The van der Waals surface area contributed by atoms with Crippen LogP contribution in [0.15, 0.2) is 42.5 Å². The lowest BCUT2D eigenvalue weighted by atomic mass is 10.2. The van der Waals surface area contributed by atoms with Crippen LogP contribution in [0.4, 0.5) is 10.1 Å². The molecule has 0 saturated carbocycles. The topological polar surface area (TPSA) is 41.5 Å². The summed E-state index contributed by atoms with van der Waals surface area (Å²) in [5.74, 6) is 0.284. The van der Waals surface area contributed by atoms with E-state index in [1.54, 1.807) is 6.07 Å². The lowest BCUT2D eigenvalue weighted by Crippen LogP contribution is -2.26. The maximum Gasteiger partial charge on any atom is 0.141 e. The number of para-hydroxylation sites is 1. The van der Waals surface area contributed by atoms with E-state index in [9.17, 15) is 9.50 Å². The summed E-state index contributed by atoms with van der Waals surface area (Å²) < 4.78 is 18.6. The van der Waals surface area contributed by atoms with Gasteiger partial charge in [0.2, 0.25) is 0 Å². The molecule has 0 heterocycles. The summed E-state index contributed by atoms with van der Waals surface area (Å²) >= 11 is 5.69. The maximum absolute atomic E-state index is 13.0. The number of aliphatic hydroxyl groups excluding tert-OH is 1. The molecule has 2 aromatic rings. The molecule has 0 aliphatic rings. The first-order chi connectivity index (χ1) is 10.1. The quantitative estimate of drug-likeness (QED) is 0.856. The highest BCUT2D eigenvalue weighted by atomic mass is 35.5. The average molecular weight is 310 g/mol. The molecule has 2 aromatic carbocycles. The Morgan fingerprint density at radius 3 is 2.76 bits per heavy atom. The van der Waals surface area contributed by atoms with E-state index in [0.717, 1.165) is 11.3 Å². The van der Waals surface area contributed by atoms with Gasteiger partial charge < -0.3 is 15.2 Å².